The van der Waals surface area contributed by atoms with Crippen molar-refractivity contribution in [2.45, 2.75) is 97.4 Å². The van der Waals surface area contributed by atoms with E-state index in [4.69, 9.17) is 4.74 Å². The number of carbonyl (C=O) groups excluding carboxylic acids is 3. The smallest absolute Gasteiger partial charge is 0.408 e. The zero-order valence-corrected chi connectivity index (χ0v) is 24.7. The average molecular weight is 552 g/mol. The van der Waals surface area contributed by atoms with Gasteiger partial charge in [-0.05, 0) is 69.7 Å². The monoisotopic (exact) mass is 551 g/mol. The van der Waals surface area contributed by atoms with E-state index in [0.29, 0.717) is 6.54 Å². The van der Waals surface area contributed by atoms with E-state index in [-0.39, 0.29) is 35.9 Å². The van der Waals surface area contributed by atoms with Crippen LogP contribution in [-0.4, -0.2) is 52.1 Å². The van der Waals surface area contributed by atoms with Crippen LogP contribution >= 0.6 is 0 Å². The molecule has 0 spiro atoms. The van der Waals surface area contributed by atoms with E-state index in [0.717, 1.165) is 42.4 Å². The number of nitrogens with zero attached hydrogens (tertiary/aromatic N) is 1. The zero-order valence-electron chi connectivity index (χ0n) is 24.7. The third kappa shape index (κ3) is 9.00. The number of aryl methyl sites for hydroxylation is 1. The van der Waals surface area contributed by atoms with Crippen LogP contribution in [0.1, 0.15) is 83.0 Å². The number of carbonyl (C=O) groups is 3. The average Bonchev–Trinajstić information content (AvgIpc) is 3.60. The maximum absolute atomic E-state index is 14.4. The molecule has 1 aliphatic rings. The Bertz CT molecular complexity index is 1160. The SMILES string of the molecule is CCCCCNC(=O)C(c1cccc(C)c1)N(C(=O)C(Cc1ccc(O)cc1)NC(=O)OC(C)(C)C)C1CC1C. The summed E-state index contributed by atoms with van der Waals surface area (Å²) >= 11 is 0. The molecule has 3 N–H and O–H groups in total. The number of rotatable bonds is 12. The lowest BCUT2D eigenvalue weighted by molar-refractivity contribution is -0.143. The van der Waals surface area contributed by atoms with Gasteiger partial charge in [-0.1, -0.05) is 68.7 Å². The van der Waals surface area contributed by atoms with Crippen LogP contribution in [0.5, 0.6) is 5.75 Å². The molecular weight excluding hydrogens is 506 g/mol. The lowest BCUT2D eigenvalue weighted by Gasteiger charge is -2.35. The topological polar surface area (TPSA) is 108 Å². The van der Waals surface area contributed by atoms with Crippen LogP contribution in [0.15, 0.2) is 48.5 Å². The van der Waals surface area contributed by atoms with Crippen molar-refractivity contribution in [2.24, 2.45) is 5.92 Å². The van der Waals surface area contributed by atoms with Gasteiger partial charge in [0.15, 0.2) is 0 Å². The largest absolute Gasteiger partial charge is 0.508 e. The Labute approximate surface area is 238 Å². The Morgan fingerprint density at radius 1 is 1.10 bits per heavy atom. The van der Waals surface area contributed by atoms with Gasteiger partial charge in [-0.15, -0.1) is 0 Å². The highest BCUT2D eigenvalue weighted by molar-refractivity contribution is 5.92. The third-order valence-corrected chi connectivity index (χ3v) is 7.01. The van der Waals surface area contributed by atoms with Crippen molar-refractivity contribution in [3.05, 3.63) is 65.2 Å². The van der Waals surface area contributed by atoms with Crippen molar-refractivity contribution in [1.82, 2.24) is 15.5 Å². The fourth-order valence-corrected chi connectivity index (χ4v) is 4.83. The summed E-state index contributed by atoms with van der Waals surface area (Å²) in [6, 6.07) is 12.3. The van der Waals surface area contributed by atoms with Gasteiger partial charge >= 0.3 is 6.09 Å². The van der Waals surface area contributed by atoms with Crippen molar-refractivity contribution in [3.63, 3.8) is 0 Å². The summed E-state index contributed by atoms with van der Waals surface area (Å²) in [6.45, 7) is 12.0. The van der Waals surface area contributed by atoms with Gasteiger partial charge in [-0.3, -0.25) is 9.59 Å². The molecule has 8 nitrogen and oxygen atoms in total. The minimum Gasteiger partial charge on any atom is -0.508 e. The molecule has 3 amide bonds. The highest BCUT2D eigenvalue weighted by Crippen LogP contribution is 2.41. The predicted molar refractivity (Wildman–Crippen MR) is 156 cm³/mol. The summed E-state index contributed by atoms with van der Waals surface area (Å²) < 4.78 is 5.50. The number of hydrogen-bond acceptors (Lipinski definition) is 5. The quantitative estimate of drug-likeness (QED) is 0.305. The van der Waals surface area contributed by atoms with E-state index in [9.17, 15) is 19.5 Å². The Morgan fingerprint density at radius 2 is 1.77 bits per heavy atom. The van der Waals surface area contributed by atoms with E-state index >= 15 is 0 Å². The van der Waals surface area contributed by atoms with Crippen molar-refractivity contribution in [1.29, 1.82) is 0 Å². The lowest BCUT2D eigenvalue weighted by atomic mass is 9.98. The molecule has 4 atom stereocenters. The van der Waals surface area contributed by atoms with Crippen LogP contribution in [0.2, 0.25) is 0 Å². The molecule has 0 heterocycles. The molecule has 4 unspecified atom stereocenters. The molecule has 2 aromatic rings. The second-order valence-electron chi connectivity index (χ2n) is 11.9. The summed E-state index contributed by atoms with van der Waals surface area (Å²) in [5, 5.41) is 15.6. The molecule has 3 rings (SSSR count). The van der Waals surface area contributed by atoms with Gasteiger partial charge in [0.05, 0.1) is 0 Å². The summed E-state index contributed by atoms with van der Waals surface area (Å²) in [4.78, 5) is 42.8. The maximum atomic E-state index is 14.4. The molecule has 1 aliphatic carbocycles. The van der Waals surface area contributed by atoms with Gasteiger partial charge < -0.3 is 25.4 Å². The standard InChI is InChI=1S/C32H45N3O5/c1-7-8-9-17-33-29(37)28(24-12-10-11-21(2)18-24)35(27-19-22(27)3)30(38)26(34-31(39)40-32(4,5)6)20-23-13-15-25(36)16-14-23/h10-16,18,22,26-28,36H,7-9,17,19-20H2,1-6H3,(H,33,37)(H,34,39). The molecule has 218 valence electrons. The van der Waals surface area contributed by atoms with Crippen molar-refractivity contribution < 1.29 is 24.2 Å². The minimum atomic E-state index is -0.979. The number of phenols is 1. The van der Waals surface area contributed by atoms with E-state index in [2.05, 4.69) is 24.5 Å². The fraction of sp³-hybridized carbons (Fsp3) is 0.531. The van der Waals surface area contributed by atoms with Gasteiger partial charge in [0.2, 0.25) is 11.8 Å². The highest BCUT2D eigenvalue weighted by Gasteiger charge is 2.48. The Kier molecular flexibility index (Phi) is 10.6. The van der Waals surface area contributed by atoms with Crippen molar-refractivity contribution in [3.8, 4) is 5.75 Å². The molecule has 0 saturated heterocycles. The summed E-state index contributed by atoms with van der Waals surface area (Å²) in [5.41, 5.74) is 1.74. The van der Waals surface area contributed by atoms with Gasteiger partial charge in [-0.2, -0.15) is 0 Å². The summed E-state index contributed by atoms with van der Waals surface area (Å²) in [6.07, 6.45) is 3.15. The zero-order chi connectivity index (χ0) is 29.4. The van der Waals surface area contributed by atoms with Crippen molar-refractivity contribution >= 4 is 17.9 Å². The Morgan fingerprint density at radius 3 is 2.35 bits per heavy atom. The van der Waals surface area contributed by atoms with E-state index in [1.54, 1.807) is 49.9 Å². The number of hydrogen-bond donors (Lipinski definition) is 3. The van der Waals surface area contributed by atoms with Crippen LogP contribution in [0.25, 0.3) is 0 Å². The van der Waals surface area contributed by atoms with Crippen LogP contribution in [0.4, 0.5) is 4.79 Å². The second-order valence-corrected chi connectivity index (χ2v) is 11.9. The van der Waals surface area contributed by atoms with Crippen LogP contribution in [0.3, 0.4) is 0 Å². The third-order valence-electron chi connectivity index (χ3n) is 7.01. The first-order valence-electron chi connectivity index (χ1n) is 14.3. The Balaban J connectivity index is 2.00. The molecule has 1 fully saturated rings. The Hall–Kier alpha value is -3.55. The molecule has 0 aliphatic heterocycles. The number of benzene rings is 2. The first-order valence-corrected chi connectivity index (χ1v) is 14.3. The first kappa shape index (κ1) is 31.0. The fourth-order valence-electron chi connectivity index (χ4n) is 4.83. The van der Waals surface area contributed by atoms with Gasteiger partial charge in [0, 0.05) is 19.0 Å². The van der Waals surface area contributed by atoms with E-state index in [1.165, 1.54) is 0 Å². The van der Waals surface area contributed by atoms with Crippen molar-refractivity contribution in [2.75, 3.05) is 6.54 Å². The molecule has 40 heavy (non-hydrogen) atoms. The van der Waals surface area contributed by atoms with Crippen LogP contribution < -0.4 is 10.6 Å². The molecular formula is C32H45N3O5. The van der Waals surface area contributed by atoms with Gasteiger partial charge in [-0.25, -0.2) is 4.79 Å². The molecule has 0 radical (unpaired) electrons. The molecule has 0 aromatic heterocycles. The summed E-state index contributed by atoms with van der Waals surface area (Å²) in [7, 11) is 0. The molecule has 0 bridgehead atoms. The molecule has 8 heteroatoms. The lowest BCUT2D eigenvalue weighted by Crippen LogP contribution is -2.54. The molecule has 2 aromatic carbocycles. The van der Waals surface area contributed by atoms with Gasteiger partial charge in [0.1, 0.15) is 23.4 Å². The number of phenolic OH excluding ortho intramolecular Hbond substituents is 1. The van der Waals surface area contributed by atoms with Crippen LogP contribution in [0, 0.1) is 12.8 Å². The van der Waals surface area contributed by atoms with Crippen LogP contribution in [-0.2, 0) is 20.7 Å². The van der Waals surface area contributed by atoms with E-state index < -0.39 is 23.8 Å². The number of ether oxygens (including phenoxy) is 1. The normalized spacial score (nSPS) is 17.9. The predicted octanol–water partition coefficient (Wildman–Crippen LogP) is 5.42. The number of alkyl carbamates (subject to hydrolysis) is 1. The molecule has 1 saturated carbocycles. The highest BCUT2D eigenvalue weighted by atomic mass is 16.6. The first-order chi connectivity index (χ1) is 18.9. The van der Waals surface area contributed by atoms with E-state index in [1.807, 2.05) is 31.2 Å². The number of amides is 3. The maximum Gasteiger partial charge on any atom is 0.408 e. The number of nitrogens with one attached hydrogen (secondary N) is 2. The number of aromatic hydroxyl groups is 1. The van der Waals surface area contributed by atoms with Gasteiger partial charge in [0.25, 0.3) is 0 Å². The number of unbranched alkanes of at least 4 members (excludes halogenated alkanes) is 2. The second kappa shape index (κ2) is 13.7. The summed E-state index contributed by atoms with van der Waals surface area (Å²) in [5.74, 6) is -0.238. The minimum absolute atomic E-state index is 0.111.